The molecule has 1 aromatic heterocycles. The fraction of sp³-hybridized carbons (Fsp3) is 0.278. The third-order valence-electron chi connectivity index (χ3n) is 7.71. The Morgan fingerprint density at radius 2 is 1.66 bits per heavy atom. The normalized spacial score (nSPS) is 13.1. The number of aromatic nitrogens is 1. The summed E-state index contributed by atoms with van der Waals surface area (Å²) in [5.41, 5.74) is 3.28. The van der Waals surface area contributed by atoms with E-state index in [2.05, 4.69) is 10.3 Å². The number of carboxylic acids is 1. The summed E-state index contributed by atoms with van der Waals surface area (Å²) in [4.78, 5) is 44.3. The molecule has 226 valence electrons. The Bertz CT molecular complexity index is 1540. The number of carbonyl (C=O) groups is 3. The maximum atomic E-state index is 13.1. The van der Waals surface area contributed by atoms with Crippen LogP contribution in [-0.2, 0) is 22.4 Å². The van der Waals surface area contributed by atoms with Crippen molar-refractivity contribution in [2.24, 2.45) is 5.92 Å². The fourth-order valence-electron chi connectivity index (χ4n) is 5.06. The van der Waals surface area contributed by atoms with Crippen LogP contribution in [0.1, 0.15) is 46.3 Å². The number of amides is 1. The van der Waals surface area contributed by atoms with Gasteiger partial charge < -0.3 is 20.1 Å². The average molecular weight is 592 g/mol. The number of rotatable bonds is 16. The summed E-state index contributed by atoms with van der Waals surface area (Å²) in [6, 6.07) is 26.1. The topological polar surface area (TPSA) is 109 Å². The number of pyridine rings is 1. The standard InChI is InChI=1S/C36H37N3O5/c40-34(19-16-27-7-6-20-37-24-27)39(25-28-12-13-28)21-22-44-30-17-14-26(15-18-30)23-33(36(42)43)38-32-11-5-4-10-31(32)35(41)29-8-2-1-3-9-29/h1-11,14-15,17-18,20,24,28,33,38H,12-13,16,19,21-23,25H2,(H,42,43)/t33-/m0/s1. The van der Waals surface area contributed by atoms with Gasteiger partial charge in [-0.15, -0.1) is 0 Å². The first kappa shape index (κ1) is 30.5. The van der Waals surface area contributed by atoms with E-state index < -0.39 is 12.0 Å². The first-order valence-electron chi connectivity index (χ1n) is 15.0. The molecule has 4 aromatic rings. The molecule has 0 unspecified atom stereocenters. The number of carboxylic acid groups (broad SMARTS) is 1. The van der Waals surface area contributed by atoms with Gasteiger partial charge in [0, 0.05) is 48.6 Å². The van der Waals surface area contributed by atoms with E-state index >= 15 is 0 Å². The lowest BCUT2D eigenvalue weighted by Gasteiger charge is -2.23. The average Bonchev–Trinajstić information content (AvgIpc) is 3.88. The highest BCUT2D eigenvalue weighted by Gasteiger charge is 2.26. The number of aliphatic carboxylic acids is 1. The van der Waals surface area contributed by atoms with Crippen molar-refractivity contribution in [3.05, 3.63) is 126 Å². The molecule has 44 heavy (non-hydrogen) atoms. The molecule has 1 aliphatic rings. The van der Waals surface area contributed by atoms with Gasteiger partial charge in [0.2, 0.25) is 5.91 Å². The summed E-state index contributed by atoms with van der Waals surface area (Å²) in [7, 11) is 0. The van der Waals surface area contributed by atoms with E-state index in [4.69, 9.17) is 4.74 Å². The Morgan fingerprint density at radius 3 is 2.36 bits per heavy atom. The molecule has 1 heterocycles. The van der Waals surface area contributed by atoms with Crippen molar-refractivity contribution in [3.63, 3.8) is 0 Å². The van der Waals surface area contributed by atoms with E-state index in [1.165, 1.54) is 0 Å². The Balaban J connectivity index is 1.15. The predicted molar refractivity (Wildman–Crippen MR) is 169 cm³/mol. The number of nitrogens with zero attached hydrogens (tertiary/aromatic N) is 2. The van der Waals surface area contributed by atoms with Crippen molar-refractivity contribution in [3.8, 4) is 5.75 Å². The van der Waals surface area contributed by atoms with Crippen molar-refractivity contribution in [2.75, 3.05) is 25.0 Å². The summed E-state index contributed by atoms with van der Waals surface area (Å²) < 4.78 is 5.97. The van der Waals surface area contributed by atoms with Crippen LogP contribution in [0.25, 0.3) is 0 Å². The van der Waals surface area contributed by atoms with Crippen LogP contribution in [0.15, 0.2) is 103 Å². The summed E-state index contributed by atoms with van der Waals surface area (Å²) in [5.74, 6) is 0.165. The lowest BCUT2D eigenvalue weighted by molar-refractivity contribution is -0.138. The van der Waals surface area contributed by atoms with E-state index in [1.54, 1.807) is 60.9 Å². The molecule has 8 heteroatoms. The molecule has 3 aromatic carbocycles. The maximum Gasteiger partial charge on any atom is 0.326 e. The van der Waals surface area contributed by atoms with E-state index in [1.807, 2.05) is 47.4 Å². The fourth-order valence-corrected chi connectivity index (χ4v) is 5.06. The van der Waals surface area contributed by atoms with Gasteiger partial charge in [-0.3, -0.25) is 14.6 Å². The van der Waals surface area contributed by atoms with Crippen LogP contribution in [-0.4, -0.2) is 58.4 Å². The molecule has 5 rings (SSSR count). The van der Waals surface area contributed by atoms with E-state index in [0.29, 0.717) is 54.5 Å². The second-order valence-electron chi connectivity index (χ2n) is 11.1. The lowest BCUT2D eigenvalue weighted by Crippen LogP contribution is -2.36. The summed E-state index contributed by atoms with van der Waals surface area (Å²) in [6.45, 7) is 1.64. The molecule has 1 fully saturated rings. The monoisotopic (exact) mass is 591 g/mol. The highest BCUT2D eigenvalue weighted by atomic mass is 16.5. The quantitative estimate of drug-likeness (QED) is 0.162. The number of hydrogen-bond donors (Lipinski definition) is 2. The van der Waals surface area contributed by atoms with Gasteiger partial charge in [0.05, 0.1) is 6.54 Å². The Morgan fingerprint density at radius 1 is 0.909 bits per heavy atom. The van der Waals surface area contributed by atoms with Gasteiger partial charge in [-0.05, 0) is 66.6 Å². The van der Waals surface area contributed by atoms with Crippen molar-refractivity contribution in [1.82, 2.24) is 9.88 Å². The second-order valence-corrected chi connectivity index (χ2v) is 11.1. The zero-order valence-corrected chi connectivity index (χ0v) is 24.6. The molecular formula is C36H37N3O5. The number of ketones is 1. The van der Waals surface area contributed by atoms with Crippen LogP contribution in [0.5, 0.6) is 5.75 Å². The molecule has 0 bridgehead atoms. The van der Waals surface area contributed by atoms with Crippen LogP contribution in [0, 0.1) is 5.92 Å². The molecule has 0 saturated heterocycles. The van der Waals surface area contributed by atoms with Crippen LogP contribution < -0.4 is 10.1 Å². The Labute approximate surface area is 257 Å². The minimum absolute atomic E-state index is 0.124. The van der Waals surface area contributed by atoms with Crippen molar-refractivity contribution >= 4 is 23.3 Å². The highest BCUT2D eigenvalue weighted by Crippen LogP contribution is 2.30. The lowest BCUT2D eigenvalue weighted by atomic mass is 10.00. The molecule has 8 nitrogen and oxygen atoms in total. The number of para-hydroxylation sites is 1. The number of nitrogens with one attached hydrogen (secondary N) is 1. The zero-order valence-electron chi connectivity index (χ0n) is 24.6. The number of hydrogen-bond acceptors (Lipinski definition) is 6. The molecule has 1 amide bonds. The zero-order chi connectivity index (χ0) is 30.7. The van der Waals surface area contributed by atoms with Gasteiger partial charge in [0.15, 0.2) is 5.78 Å². The van der Waals surface area contributed by atoms with E-state index in [9.17, 15) is 19.5 Å². The number of ether oxygens (including phenoxy) is 1. The van der Waals surface area contributed by atoms with Gasteiger partial charge in [0.25, 0.3) is 0 Å². The number of benzene rings is 3. The highest BCUT2D eigenvalue weighted by molar-refractivity contribution is 6.12. The van der Waals surface area contributed by atoms with E-state index in [0.717, 1.165) is 30.5 Å². The summed E-state index contributed by atoms with van der Waals surface area (Å²) in [6.07, 6.45) is 7.17. The molecule has 1 saturated carbocycles. The van der Waals surface area contributed by atoms with Gasteiger partial charge in [-0.1, -0.05) is 60.7 Å². The SMILES string of the molecule is O=C(c1ccccc1)c1ccccc1N[C@@H](Cc1ccc(OCCN(CC2CC2)C(=O)CCc2cccnc2)cc1)C(=O)O. The molecule has 0 aliphatic heterocycles. The molecule has 1 aliphatic carbocycles. The minimum atomic E-state index is -1.02. The van der Waals surface area contributed by atoms with Crippen molar-refractivity contribution in [2.45, 2.75) is 38.1 Å². The third-order valence-corrected chi connectivity index (χ3v) is 7.71. The number of anilines is 1. The van der Waals surface area contributed by atoms with Gasteiger partial charge in [-0.25, -0.2) is 4.79 Å². The Kier molecular flexibility index (Phi) is 10.4. The number of aryl methyl sites for hydroxylation is 1. The summed E-state index contributed by atoms with van der Waals surface area (Å²) >= 11 is 0. The first-order valence-corrected chi connectivity index (χ1v) is 15.0. The van der Waals surface area contributed by atoms with Gasteiger partial charge >= 0.3 is 5.97 Å². The van der Waals surface area contributed by atoms with Crippen molar-refractivity contribution in [1.29, 1.82) is 0 Å². The van der Waals surface area contributed by atoms with Crippen LogP contribution in [0.4, 0.5) is 5.69 Å². The first-order chi connectivity index (χ1) is 21.5. The van der Waals surface area contributed by atoms with Crippen molar-refractivity contribution < 1.29 is 24.2 Å². The smallest absolute Gasteiger partial charge is 0.326 e. The van der Waals surface area contributed by atoms with Gasteiger partial charge in [0.1, 0.15) is 18.4 Å². The second kappa shape index (κ2) is 15.0. The minimum Gasteiger partial charge on any atom is -0.492 e. The molecule has 0 spiro atoms. The molecular weight excluding hydrogens is 554 g/mol. The molecule has 0 radical (unpaired) electrons. The third kappa shape index (κ3) is 8.77. The number of carbonyl (C=O) groups excluding carboxylic acids is 2. The van der Waals surface area contributed by atoms with Crippen LogP contribution >= 0.6 is 0 Å². The van der Waals surface area contributed by atoms with Crippen LogP contribution in [0.2, 0.25) is 0 Å². The maximum absolute atomic E-state index is 13.1. The molecule has 1 atom stereocenters. The summed E-state index contributed by atoms with van der Waals surface area (Å²) in [5, 5.41) is 13.0. The van der Waals surface area contributed by atoms with Gasteiger partial charge in [-0.2, -0.15) is 0 Å². The Hall–Kier alpha value is -4.98. The predicted octanol–water partition coefficient (Wildman–Crippen LogP) is 5.67. The largest absolute Gasteiger partial charge is 0.492 e. The van der Waals surface area contributed by atoms with E-state index in [-0.39, 0.29) is 18.1 Å². The van der Waals surface area contributed by atoms with Crippen LogP contribution in [0.3, 0.4) is 0 Å². The molecule has 2 N–H and O–H groups in total.